The zero-order chi connectivity index (χ0) is 13.8. The van der Waals surface area contributed by atoms with Crippen molar-refractivity contribution in [3.05, 3.63) is 40.4 Å². The van der Waals surface area contributed by atoms with Gasteiger partial charge in [-0.1, -0.05) is 44.0 Å². The van der Waals surface area contributed by atoms with Crippen molar-refractivity contribution < 1.29 is 4.79 Å². The lowest BCUT2D eigenvalue weighted by Gasteiger charge is -2.27. The summed E-state index contributed by atoms with van der Waals surface area (Å²) >= 11 is 5.88. The Hall–Kier alpha value is -1.08. The van der Waals surface area contributed by atoms with E-state index in [2.05, 4.69) is 13.8 Å². The molecule has 1 aliphatic carbocycles. The first kappa shape index (κ1) is 14.3. The standard InChI is InChI=1S/C17H21ClO/c1-3-12(2)16-6-4-5-14(17(16)19)11-13-7-9-15(18)10-8-13/h7-12,16H,3-6H2,1-2H3/b14-11+. The summed E-state index contributed by atoms with van der Waals surface area (Å²) < 4.78 is 0. The van der Waals surface area contributed by atoms with E-state index in [1.54, 1.807) is 0 Å². The van der Waals surface area contributed by atoms with E-state index in [4.69, 9.17) is 11.6 Å². The number of ketones is 1. The molecular weight excluding hydrogens is 256 g/mol. The van der Waals surface area contributed by atoms with Crippen LogP contribution in [0, 0.1) is 11.8 Å². The Balaban J connectivity index is 2.19. The van der Waals surface area contributed by atoms with Gasteiger partial charge >= 0.3 is 0 Å². The second-order valence-corrected chi connectivity index (χ2v) is 5.91. The third kappa shape index (κ3) is 3.48. The van der Waals surface area contributed by atoms with Crippen molar-refractivity contribution in [1.82, 2.24) is 0 Å². The molecule has 2 unspecified atom stereocenters. The zero-order valence-corrected chi connectivity index (χ0v) is 12.4. The molecule has 2 rings (SSSR count). The lowest BCUT2D eigenvalue weighted by Crippen LogP contribution is -2.27. The van der Waals surface area contributed by atoms with Gasteiger partial charge in [0.25, 0.3) is 0 Å². The molecule has 0 spiro atoms. The van der Waals surface area contributed by atoms with Gasteiger partial charge in [-0.05, 0) is 54.5 Å². The Bertz CT molecular complexity index is 473. The largest absolute Gasteiger partial charge is 0.294 e. The summed E-state index contributed by atoms with van der Waals surface area (Å²) in [5, 5.41) is 0.731. The van der Waals surface area contributed by atoms with E-state index in [1.165, 1.54) is 0 Å². The van der Waals surface area contributed by atoms with Crippen LogP contribution < -0.4 is 0 Å². The smallest absolute Gasteiger partial charge is 0.162 e. The lowest BCUT2D eigenvalue weighted by molar-refractivity contribution is -0.122. The van der Waals surface area contributed by atoms with Crippen molar-refractivity contribution in [2.45, 2.75) is 39.5 Å². The molecule has 2 heteroatoms. The topological polar surface area (TPSA) is 17.1 Å². The molecule has 19 heavy (non-hydrogen) atoms. The van der Waals surface area contributed by atoms with E-state index in [0.717, 1.165) is 41.8 Å². The molecule has 1 fully saturated rings. The van der Waals surface area contributed by atoms with Crippen molar-refractivity contribution in [2.75, 3.05) is 0 Å². The van der Waals surface area contributed by atoms with Crippen LogP contribution in [-0.2, 0) is 4.79 Å². The highest BCUT2D eigenvalue weighted by molar-refractivity contribution is 6.30. The summed E-state index contributed by atoms with van der Waals surface area (Å²) in [7, 11) is 0. The van der Waals surface area contributed by atoms with Crippen molar-refractivity contribution in [3.63, 3.8) is 0 Å². The van der Waals surface area contributed by atoms with Crippen LogP contribution in [0.5, 0.6) is 0 Å². The van der Waals surface area contributed by atoms with Crippen LogP contribution >= 0.6 is 11.6 Å². The quantitative estimate of drug-likeness (QED) is 0.699. The van der Waals surface area contributed by atoms with E-state index in [0.29, 0.717) is 11.7 Å². The molecule has 1 saturated carbocycles. The van der Waals surface area contributed by atoms with Crippen LogP contribution in [0.1, 0.15) is 45.1 Å². The predicted octanol–water partition coefficient (Wildman–Crippen LogP) is 5.14. The van der Waals surface area contributed by atoms with Crippen molar-refractivity contribution >= 4 is 23.5 Å². The highest BCUT2D eigenvalue weighted by Crippen LogP contribution is 2.32. The number of hydrogen-bond acceptors (Lipinski definition) is 1. The Morgan fingerprint density at radius 2 is 2.05 bits per heavy atom. The van der Waals surface area contributed by atoms with Crippen LogP contribution in [-0.4, -0.2) is 5.78 Å². The molecule has 0 N–H and O–H groups in total. The number of benzene rings is 1. The first-order valence-electron chi connectivity index (χ1n) is 7.12. The van der Waals surface area contributed by atoms with Gasteiger partial charge in [-0.15, -0.1) is 0 Å². The fraction of sp³-hybridized carbons (Fsp3) is 0.471. The third-order valence-electron chi connectivity index (χ3n) is 4.16. The molecule has 0 radical (unpaired) electrons. The molecule has 0 bridgehead atoms. The van der Waals surface area contributed by atoms with Crippen LogP contribution in [0.25, 0.3) is 6.08 Å². The van der Waals surface area contributed by atoms with Crippen LogP contribution in [0.4, 0.5) is 0 Å². The van der Waals surface area contributed by atoms with E-state index >= 15 is 0 Å². The second kappa shape index (κ2) is 6.38. The van der Waals surface area contributed by atoms with Gasteiger partial charge in [0.1, 0.15) is 0 Å². The van der Waals surface area contributed by atoms with Gasteiger partial charge in [-0.3, -0.25) is 4.79 Å². The molecule has 1 aromatic rings. The van der Waals surface area contributed by atoms with Gasteiger partial charge in [0, 0.05) is 10.9 Å². The van der Waals surface area contributed by atoms with E-state index in [1.807, 2.05) is 30.3 Å². The van der Waals surface area contributed by atoms with Crippen molar-refractivity contribution in [1.29, 1.82) is 0 Å². The summed E-state index contributed by atoms with van der Waals surface area (Å²) in [5.41, 5.74) is 2.05. The molecule has 0 saturated heterocycles. The number of carbonyl (C=O) groups is 1. The molecular formula is C17H21ClO. The van der Waals surface area contributed by atoms with E-state index in [9.17, 15) is 4.79 Å². The van der Waals surface area contributed by atoms with Gasteiger partial charge in [0.15, 0.2) is 5.78 Å². The SMILES string of the molecule is CCC(C)C1CCC/C(=C\c2ccc(Cl)cc2)C1=O. The van der Waals surface area contributed by atoms with Crippen LogP contribution in [0.15, 0.2) is 29.8 Å². The minimum Gasteiger partial charge on any atom is -0.294 e. The zero-order valence-electron chi connectivity index (χ0n) is 11.7. The van der Waals surface area contributed by atoms with Gasteiger partial charge in [0.2, 0.25) is 0 Å². The van der Waals surface area contributed by atoms with E-state index < -0.39 is 0 Å². The number of rotatable bonds is 3. The molecule has 1 aliphatic rings. The van der Waals surface area contributed by atoms with Gasteiger partial charge < -0.3 is 0 Å². The average molecular weight is 277 g/mol. The Kier molecular flexibility index (Phi) is 4.81. The number of halogens is 1. The van der Waals surface area contributed by atoms with Crippen molar-refractivity contribution in [2.24, 2.45) is 11.8 Å². The molecule has 1 aromatic carbocycles. The summed E-state index contributed by atoms with van der Waals surface area (Å²) in [6, 6.07) is 7.67. The second-order valence-electron chi connectivity index (χ2n) is 5.47. The van der Waals surface area contributed by atoms with Gasteiger partial charge in [-0.25, -0.2) is 0 Å². The number of carbonyl (C=O) groups excluding carboxylic acids is 1. The first-order valence-corrected chi connectivity index (χ1v) is 7.50. The molecule has 0 aromatic heterocycles. The normalized spacial score (nSPS) is 23.6. The Morgan fingerprint density at radius 3 is 2.68 bits per heavy atom. The highest BCUT2D eigenvalue weighted by atomic mass is 35.5. The summed E-state index contributed by atoms with van der Waals surface area (Å²) in [6.07, 6.45) is 6.19. The fourth-order valence-corrected chi connectivity index (χ4v) is 2.86. The van der Waals surface area contributed by atoms with E-state index in [-0.39, 0.29) is 5.92 Å². The Morgan fingerprint density at radius 1 is 1.37 bits per heavy atom. The molecule has 102 valence electrons. The third-order valence-corrected chi connectivity index (χ3v) is 4.41. The maximum Gasteiger partial charge on any atom is 0.162 e. The minimum atomic E-state index is 0.220. The van der Waals surface area contributed by atoms with Crippen LogP contribution in [0.3, 0.4) is 0 Å². The van der Waals surface area contributed by atoms with Crippen LogP contribution in [0.2, 0.25) is 5.02 Å². The summed E-state index contributed by atoms with van der Waals surface area (Å²) in [5.74, 6) is 1.06. The van der Waals surface area contributed by atoms with Crippen molar-refractivity contribution in [3.8, 4) is 0 Å². The number of hydrogen-bond donors (Lipinski definition) is 0. The fourth-order valence-electron chi connectivity index (χ4n) is 2.74. The maximum atomic E-state index is 12.5. The first-order chi connectivity index (χ1) is 9.11. The molecule has 0 aliphatic heterocycles. The average Bonchev–Trinajstić information content (AvgIpc) is 2.43. The predicted molar refractivity (Wildman–Crippen MR) is 81.2 cm³/mol. The Labute approximate surface area is 120 Å². The molecule has 0 amide bonds. The highest BCUT2D eigenvalue weighted by Gasteiger charge is 2.29. The lowest BCUT2D eigenvalue weighted by atomic mass is 9.76. The molecule has 0 heterocycles. The maximum absolute atomic E-state index is 12.5. The van der Waals surface area contributed by atoms with Gasteiger partial charge in [-0.2, -0.15) is 0 Å². The number of allylic oxidation sites excluding steroid dienone is 1. The minimum absolute atomic E-state index is 0.220. The number of Topliss-reactive ketones (excluding diaryl/α,β-unsaturated/α-hetero) is 1. The molecule has 2 atom stereocenters. The van der Waals surface area contributed by atoms with Gasteiger partial charge in [0.05, 0.1) is 0 Å². The molecule has 1 nitrogen and oxygen atoms in total. The monoisotopic (exact) mass is 276 g/mol. The summed E-state index contributed by atoms with van der Waals surface area (Å²) in [4.78, 5) is 12.5. The summed E-state index contributed by atoms with van der Waals surface area (Å²) in [6.45, 7) is 4.35.